The highest BCUT2D eigenvalue weighted by Gasteiger charge is 2.50. The van der Waals surface area contributed by atoms with Crippen LogP contribution in [-0.2, 0) is 19.2 Å². The number of carbonyl (C=O) groups excluding carboxylic acids is 4. The number of fused-ring (bicyclic) bond motifs is 1. The summed E-state index contributed by atoms with van der Waals surface area (Å²) in [4.78, 5) is 64.9. The smallest absolute Gasteiger partial charge is 0.316 e. The third kappa shape index (κ3) is 4.28. The maximum Gasteiger partial charge on any atom is 0.316 e. The van der Waals surface area contributed by atoms with Gasteiger partial charge in [0.1, 0.15) is 5.75 Å². The van der Waals surface area contributed by atoms with E-state index in [4.69, 9.17) is 4.74 Å². The lowest BCUT2D eigenvalue weighted by molar-refractivity contribution is -0.385. The molecule has 37 heavy (non-hydrogen) atoms. The highest BCUT2D eigenvalue weighted by Crippen LogP contribution is 2.41. The van der Waals surface area contributed by atoms with E-state index in [-0.39, 0.29) is 48.0 Å². The molecule has 0 radical (unpaired) electrons. The molecule has 3 amide bonds. The molecule has 0 spiro atoms. The molecular formula is C27H25N3O7. The molecule has 3 aliphatic rings. The summed E-state index contributed by atoms with van der Waals surface area (Å²) in [6, 6.07) is 10.7. The summed E-state index contributed by atoms with van der Waals surface area (Å²) in [7, 11) is 0. The Morgan fingerprint density at radius 3 is 2.59 bits per heavy atom. The number of esters is 1. The minimum Gasteiger partial charge on any atom is -0.426 e. The zero-order valence-corrected chi connectivity index (χ0v) is 20.3. The summed E-state index contributed by atoms with van der Waals surface area (Å²) in [6.07, 6.45) is 4.30. The Hall–Kier alpha value is -4.34. The van der Waals surface area contributed by atoms with Crippen LogP contribution in [0.4, 0.5) is 17.1 Å². The lowest BCUT2D eigenvalue weighted by Gasteiger charge is -2.22. The number of nitro benzene ring substituents is 1. The van der Waals surface area contributed by atoms with E-state index < -0.39 is 28.6 Å². The molecule has 0 unspecified atom stereocenters. The fourth-order valence-electron chi connectivity index (χ4n) is 5.36. The van der Waals surface area contributed by atoms with Crippen LogP contribution in [0, 0.1) is 40.7 Å². The maximum absolute atomic E-state index is 13.1. The number of benzene rings is 2. The number of amides is 3. The van der Waals surface area contributed by atoms with Gasteiger partial charge in [0, 0.05) is 30.7 Å². The lowest BCUT2D eigenvalue weighted by Crippen LogP contribution is -2.31. The number of nitrogens with zero attached hydrogens (tertiary/aromatic N) is 3. The highest BCUT2D eigenvalue weighted by atomic mass is 16.6. The van der Waals surface area contributed by atoms with E-state index in [1.165, 1.54) is 21.9 Å². The molecule has 2 fully saturated rings. The van der Waals surface area contributed by atoms with Crippen LogP contribution in [0.1, 0.15) is 25.3 Å². The number of hydrogen-bond donors (Lipinski definition) is 0. The quantitative estimate of drug-likeness (QED) is 0.152. The number of ether oxygens (including phenoxy) is 1. The summed E-state index contributed by atoms with van der Waals surface area (Å²) < 4.78 is 5.53. The van der Waals surface area contributed by atoms with Crippen molar-refractivity contribution in [1.29, 1.82) is 0 Å². The fourth-order valence-corrected chi connectivity index (χ4v) is 5.36. The third-order valence-electron chi connectivity index (χ3n) is 7.33. The zero-order chi connectivity index (χ0) is 26.4. The van der Waals surface area contributed by atoms with Crippen LogP contribution in [0.25, 0.3) is 0 Å². The van der Waals surface area contributed by atoms with Crippen molar-refractivity contribution in [3.63, 3.8) is 0 Å². The summed E-state index contributed by atoms with van der Waals surface area (Å²) in [5.41, 5.74) is 1.04. The van der Waals surface area contributed by atoms with E-state index in [9.17, 15) is 29.3 Å². The Morgan fingerprint density at radius 2 is 1.86 bits per heavy atom. The Balaban J connectivity index is 1.30. The Bertz CT molecular complexity index is 1370. The molecule has 2 aromatic rings. The summed E-state index contributed by atoms with van der Waals surface area (Å²) in [6.45, 7) is 3.55. The van der Waals surface area contributed by atoms with Gasteiger partial charge in [-0.1, -0.05) is 31.2 Å². The molecule has 4 atom stereocenters. The molecule has 190 valence electrons. The predicted octanol–water partition coefficient (Wildman–Crippen LogP) is 3.56. The average molecular weight is 504 g/mol. The molecular weight excluding hydrogens is 478 g/mol. The SMILES string of the molecule is Cc1ccc(N2C[C@H](C(=O)Oc3cccc(N4C(=O)[C@@H]5[C@@H](C)C=CC[C@H]5C4=O)c3)CC2=O)cc1[N+](=O)[O-]. The minimum atomic E-state index is -0.777. The molecule has 0 bridgehead atoms. The highest BCUT2D eigenvalue weighted by molar-refractivity contribution is 6.22. The number of nitro groups is 1. The normalized spacial score (nSPS) is 25.0. The first-order chi connectivity index (χ1) is 17.7. The second-order valence-corrected chi connectivity index (χ2v) is 9.72. The van der Waals surface area contributed by atoms with Crippen LogP contribution >= 0.6 is 0 Å². The Morgan fingerprint density at radius 1 is 1.08 bits per heavy atom. The standard InChI is InChI=1S/C27H25N3O7/c1-15-9-10-18(13-22(15)30(35)36)28-14-17(11-23(28)31)27(34)37-20-7-4-6-19(12-20)29-25(32)21-8-3-5-16(2)24(21)26(29)33/h3-7,9-10,12-13,16-17,21,24H,8,11,14H2,1-2H3/t16-,17+,21+,24+/m0/s1. The molecule has 10 heteroatoms. The molecule has 0 N–H and O–H groups in total. The van der Waals surface area contributed by atoms with Crippen LogP contribution in [0.15, 0.2) is 54.6 Å². The first-order valence-corrected chi connectivity index (χ1v) is 12.1. The van der Waals surface area contributed by atoms with Crippen molar-refractivity contribution in [3.05, 3.63) is 70.3 Å². The van der Waals surface area contributed by atoms with Crippen molar-refractivity contribution in [2.45, 2.75) is 26.7 Å². The van der Waals surface area contributed by atoms with Gasteiger partial charge in [-0.25, -0.2) is 4.90 Å². The van der Waals surface area contributed by atoms with Gasteiger partial charge >= 0.3 is 5.97 Å². The lowest BCUT2D eigenvalue weighted by atomic mass is 9.78. The van der Waals surface area contributed by atoms with Gasteiger partial charge in [-0.3, -0.25) is 29.3 Å². The Labute approximate surface area is 212 Å². The van der Waals surface area contributed by atoms with Crippen LogP contribution in [0.5, 0.6) is 5.75 Å². The first-order valence-electron chi connectivity index (χ1n) is 12.1. The molecule has 5 rings (SSSR count). The van der Waals surface area contributed by atoms with Gasteiger partial charge in [-0.15, -0.1) is 0 Å². The van der Waals surface area contributed by atoms with Crippen molar-refractivity contribution in [1.82, 2.24) is 0 Å². The molecule has 10 nitrogen and oxygen atoms in total. The predicted molar refractivity (Wildman–Crippen MR) is 133 cm³/mol. The van der Waals surface area contributed by atoms with E-state index in [1.54, 1.807) is 37.3 Å². The summed E-state index contributed by atoms with van der Waals surface area (Å²) >= 11 is 0. The fraction of sp³-hybridized carbons (Fsp3) is 0.333. The van der Waals surface area contributed by atoms with Crippen molar-refractivity contribution in [2.75, 3.05) is 16.3 Å². The number of aryl methyl sites for hydroxylation is 1. The van der Waals surface area contributed by atoms with Gasteiger partial charge in [0.05, 0.1) is 34.1 Å². The van der Waals surface area contributed by atoms with Crippen molar-refractivity contribution >= 4 is 40.8 Å². The molecule has 1 aliphatic carbocycles. The van der Waals surface area contributed by atoms with Gasteiger partial charge in [0.15, 0.2) is 0 Å². The number of rotatable bonds is 5. The minimum absolute atomic E-state index is 0.0227. The van der Waals surface area contributed by atoms with Crippen molar-refractivity contribution < 1.29 is 28.8 Å². The molecule has 0 aromatic heterocycles. The van der Waals surface area contributed by atoms with E-state index in [0.29, 0.717) is 23.4 Å². The van der Waals surface area contributed by atoms with Gasteiger partial charge < -0.3 is 9.64 Å². The molecule has 2 saturated heterocycles. The monoisotopic (exact) mass is 503 g/mol. The number of imide groups is 1. The van der Waals surface area contributed by atoms with E-state index in [0.717, 1.165) is 0 Å². The van der Waals surface area contributed by atoms with Gasteiger partial charge in [-0.05, 0) is 37.5 Å². The number of carbonyl (C=O) groups is 4. The largest absolute Gasteiger partial charge is 0.426 e. The van der Waals surface area contributed by atoms with Crippen molar-refractivity contribution in [3.8, 4) is 5.75 Å². The molecule has 2 aliphatic heterocycles. The van der Waals surface area contributed by atoms with E-state index in [1.807, 2.05) is 19.1 Å². The first kappa shape index (κ1) is 24.4. The van der Waals surface area contributed by atoms with Gasteiger partial charge in [0.2, 0.25) is 17.7 Å². The molecule has 2 aromatic carbocycles. The van der Waals surface area contributed by atoms with Crippen LogP contribution in [0.3, 0.4) is 0 Å². The zero-order valence-electron chi connectivity index (χ0n) is 20.3. The topological polar surface area (TPSA) is 127 Å². The number of hydrogen-bond acceptors (Lipinski definition) is 7. The maximum atomic E-state index is 13.1. The molecule has 2 heterocycles. The van der Waals surface area contributed by atoms with Crippen LogP contribution in [-0.4, -0.2) is 35.2 Å². The Kier molecular flexibility index (Phi) is 6.10. The van der Waals surface area contributed by atoms with Gasteiger partial charge in [0.25, 0.3) is 5.69 Å². The second kappa shape index (κ2) is 9.27. The van der Waals surface area contributed by atoms with E-state index in [2.05, 4.69) is 0 Å². The third-order valence-corrected chi connectivity index (χ3v) is 7.33. The number of anilines is 2. The van der Waals surface area contributed by atoms with Gasteiger partial charge in [-0.2, -0.15) is 0 Å². The summed E-state index contributed by atoms with van der Waals surface area (Å²) in [5.74, 6) is -2.98. The number of allylic oxidation sites excluding steroid dienone is 2. The van der Waals surface area contributed by atoms with Crippen LogP contribution in [0.2, 0.25) is 0 Å². The van der Waals surface area contributed by atoms with Crippen molar-refractivity contribution in [2.24, 2.45) is 23.7 Å². The second-order valence-electron chi connectivity index (χ2n) is 9.72. The molecule has 0 saturated carbocycles. The summed E-state index contributed by atoms with van der Waals surface area (Å²) in [5, 5.41) is 11.3. The van der Waals surface area contributed by atoms with E-state index >= 15 is 0 Å². The average Bonchev–Trinajstić information content (AvgIpc) is 3.37. The van der Waals surface area contributed by atoms with Crippen LogP contribution < -0.4 is 14.5 Å².